The summed E-state index contributed by atoms with van der Waals surface area (Å²) in [6.45, 7) is 8.76. The van der Waals surface area contributed by atoms with Gasteiger partial charge in [-0.25, -0.2) is 9.78 Å². The number of aryl methyl sites for hydroxylation is 1. The van der Waals surface area contributed by atoms with Crippen molar-refractivity contribution in [2.45, 2.75) is 58.3 Å². The van der Waals surface area contributed by atoms with E-state index < -0.39 is 11.7 Å². The minimum absolute atomic E-state index is 0.0375. The smallest absolute Gasteiger partial charge is 0.408 e. The lowest BCUT2D eigenvalue weighted by Crippen LogP contribution is -2.35. The summed E-state index contributed by atoms with van der Waals surface area (Å²) >= 11 is 12.3. The van der Waals surface area contributed by atoms with Crippen LogP contribution in [0, 0.1) is 6.92 Å². The summed E-state index contributed by atoms with van der Waals surface area (Å²) in [5.41, 5.74) is 2.21. The van der Waals surface area contributed by atoms with E-state index in [1.165, 1.54) is 0 Å². The first-order valence-electron chi connectivity index (χ1n) is 10.2. The number of ether oxygens (including phenoxy) is 3. The maximum Gasteiger partial charge on any atom is 0.408 e. The zero-order valence-corrected chi connectivity index (χ0v) is 19.7. The van der Waals surface area contributed by atoms with Crippen LogP contribution in [0.3, 0.4) is 0 Å². The van der Waals surface area contributed by atoms with Gasteiger partial charge < -0.3 is 19.5 Å². The molecule has 1 N–H and O–H groups in total. The highest BCUT2D eigenvalue weighted by molar-refractivity contribution is 6.42. The zero-order valence-electron chi connectivity index (χ0n) is 18.2. The summed E-state index contributed by atoms with van der Waals surface area (Å²) in [7, 11) is 0. The molecule has 1 fully saturated rings. The highest BCUT2D eigenvalue weighted by atomic mass is 35.5. The third-order valence-electron chi connectivity index (χ3n) is 4.83. The molecule has 31 heavy (non-hydrogen) atoms. The van der Waals surface area contributed by atoms with Gasteiger partial charge in [0.05, 0.1) is 29.3 Å². The first-order chi connectivity index (χ1) is 14.6. The van der Waals surface area contributed by atoms with E-state index in [0.29, 0.717) is 35.6 Å². The van der Waals surface area contributed by atoms with Crippen LogP contribution in [-0.4, -0.2) is 36.0 Å². The number of nitrogens with one attached hydrogen (secondary N) is 1. The quantitative estimate of drug-likeness (QED) is 0.593. The second-order valence-corrected chi connectivity index (χ2v) is 9.44. The van der Waals surface area contributed by atoms with Crippen LogP contribution in [0.15, 0.2) is 30.5 Å². The molecule has 2 heterocycles. The number of benzene rings is 1. The summed E-state index contributed by atoms with van der Waals surface area (Å²) in [6.07, 6.45) is 2.68. The van der Waals surface area contributed by atoms with Crippen LogP contribution in [-0.2, 0) is 15.9 Å². The van der Waals surface area contributed by atoms with Crippen molar-refractivity contribution in [1.29, 1.82) is 0 Å². The number of carbonyl (C=O) groups is 1. The van der Waals surface area contributed by atoms with E-state index in [9.17, 15) is 4.79 Å². The van der Waals surface area contributed by atoms with Crippen LogP contribution in [0.2, 0.25) is 10.0 Å². The van der Waals surface area contributed by atoms with E-state index in [-0.39, 0.29) is 12.1 Å². The third kappa shape index (κ3) is 6.99. The second-order valence-electron chi connectivity index (χ2n) is 8.63. The lowest BCUT2D eigenvalue weighted by molar-refractivity contribution is 0.0503. The first-order valence-corrected chi connectivity index (χ1v) is 11.0. The van der Waals surface area contributed by atoms with Gasteiger partial charge in [-0.1, -0.05) is 29.3 Å². The Bertz CT molecular complexity index is 924. The largest absolute Gasteiger partial charge is 0.472 e. The van der Waals surface area contributed by atoms with Gasteiger partial charge in [-0.05, 0) is 62.9 Å². The maximum atomic E-state index is 12.5. The highest BCUT2D eigenvalue weighted by Gasteiger charge is 2.23. The molecule has 1 saturated heterocycles. The van der Waals surface area contributed by atoms with Gasteiger partial charge in [-0.3, -0.25) is 0 Å². The maximum absolute atomic E-state index is 12.5. The van der Waals surface area contributed by atoms with Gasteiger partial charge in [0.25, 0.3) is 0 Å². The van der Waals surface area contributed by atoms with E-state index in [1.807, 2.05) is 39.8 Å². The predicted octanol–water partition coefficient (Wildman–Crippen LogP) is 5.67. The van der Waals surface area contributed by atoms with E-state index in [2.05, 4.69) is 10.3 Å². The number of aromatic nitrogens is 1. The number of hydrogen-bond donors (Lipinski definition) is 1. The number of amides is 1. The molecule has 1 amide bonds. The molecule has 3 rings (SSSR count). The van der Waals surface area contributed by atoms with Gasteiger partial charge >= 0.3 is 6.09 Å². The standard InChI is InChI=1S/C23H28Cl2N2O4/c1-14-9-21(30-17-7-8-29-13-17)26-12-16(14)11-20(27-22(28)31-23(2,3)4)15-5-6-18(24)19(25)10-15/h5-6,9-10,12,17,20H,7-8,11,13H2,1-4H3,(H,27,28). The number of pyridine rings is 1. The van der Waals surface area contributed by atoms with Crippen LogP contribution in [0.1, 0.15) is 49.9 Å². The number of alkyl carbamates (subject to hydrolysis) is 1. The third-order valence-corrected chi connectivity index (χ3v) is 5.57. The van der Waals surface area contributed by atoms with Crippen molar-refractivity contribution in [2.24, 2.45) is 0 Å². The minimum Gasteiger partial charge on any atom is -0.472 e. The van der Waals surface area contributed by atoms with Crippen molar-refractivity contribution in [3.63, 3.8) is 0 Å². The summed E-state index contributed by atoms with van der Waals surface area (Å²) < 4.78 is 16.7. The van der Waals surface area contributed by atoms with Gasteiger partial charge in [-0.2, -0.15) is 0 Å². The van der Waals surface area contributed by atoms with Crippen molar-refractivity contribution < 1.29 is 19.0 Å². The Morgan fingerprint density at radius 1 is 1.29 bits per heavy atom. The molecular formula is C23H28Cl2N2O4. The van der Waals surface area contributed by atoms with E-state index in [1.54, 1.807) is 18.3 Å². The molecule has 0 spiro atoms. The molecule has 1 aromatic carbocycles. The predicted molar refractivity (Wildman–Crippen MR) is 121 cm³/mol. The topological polar surface area (TPSA) is 69.7 Å². The van der Waals surface area contributed by atoms with Gasteiger partial charge in [0.2, 0.25) is 5.88 Å². The molecule has 1 aliphatic rings. The summed E-state index contributed by atoms with van der Waals surface area (Å²) in [6, 6.07) is 6.85. The van der Waals surface area contributed by atoms with Gasteiger partial charge in [-0.15, -0.1) is 0 Å². The molecule has 6 nitrogen and oxygen atoms in total. The van der Waals surface area contributed by atoms with Gasteiger partial charge in [0.1, 0.15) is 11.7 Å². The molecule has 2 aromatic rings. The van der Waals surface area contributed by atoms with Crippen LogP contribution >= 0.6 is 23.2 Å². The van der Waals surface area contributed by atoms with E-state index >= 15 is 0 Å². The van der Waals surface area contributed by atoms with Crippen molar-refractivity contribution >= 4 is 29.3 Å². The molecule has 2 unspecified atom stereocenters. The van der Waals surface area contributed by atoms with E-state index in [4.69, 9.17) is 37.4 Å². The molecule has 1 aromatic heterocycles. The molecule has 0 radical (unpaired) electrons. The van der Waals surface area contributed by atoms with Crippen molar-refractivity contribution in [3.8, 4) is 5.88 Å². The number of carbonyl (C=O) groups excluding carboxylic acids is 1. The fourth-order valence-electron chi connectivity index (χ4n) is 3.26. The second kappa shape index (κ2) is 10.1. The average Bonchev–Trinajstić information content (AvgIpc) is 3.17. The molecule has 0 aliphatic carbocycles. The van der Waals surface area contributed by atoms with Gasteiger partial charge in [0, 0.05) is 18.7 Å². The lowest BCUT2D eigenvalue weighted by Gasteiger charge is -2.25. The number of halogens is 2. The zero-order chi connectivity index (χ0) is 22.6. The molecule has 0 bridgehead atoms. The molecular weight excluding hydrogens is 439 g/mol. The van der Waals surface area contributed by atoms with E-state index in [0.717, 1.165) is 23.1 Å². The lowest BCUT2D eigenvalue weighted by atomic mass is 9.97. The fraction of sp³-hybridized carbons (Fsp3) is 0.478. The Balaban J connectivity index is 1.79. The molecule has 2 atom stereocenters. The Labute approximate surface area is 193 Å². The fourth-order valence-corrected chi connectivity index (χ4v) is 3.57. The van der Waals surface area contributed by atoms with Crippen LogP contribution in [0.25, 0.3) is 0 Å². The Morgan fingerprint density at radius 3 is 2.68 bits per heavy atom. The first kappa shape index (κ1) is 23.6. The molecule has 8 heteroatoms. The highest BCUT2D eigenvalue weighted by Crippen LogP contribution is 2.29. The Morgan fingerprint density at radius 2 is 2.06 bits per heavy atom. The summed E-state index contributed by atoms with van der Waals surface area (Å²) in [4.78, 5) is 16.9. The van der Waals surface area contributed by atoms with Crippen LogP contribution in [0.5, 0.6) is 5.88 Å². The summed E-state index contributed by atoms with van der Waals surface area (Å²) in [5.74, 6) is 0.572. The Hall–Kier alpha value is -2.02. The van der Waals surface area contributed by atoms with Crippen molar-refractivity contribution in [2.75, 3.05) is 13.2 Å². The van der Waals surface area contributed by atoms with Crippen LogP contribution in [0.4, 0.5) is 4.79 Å². The number of rotatable bonds is 6. The van der Waals surface area contributed by atoms with Crippen LogP contribution < -0.4 is 10.1 Å². The van der Waals surface area contributed by atoms with Crippen molar-refractivity contribution in [3.05, 3.63) is 57.2 Å². The normalized spacial score (nSPS) is 17.3. The van der Waals surface area contributed by atoms with Crippen molar-refractivity contribution in [1.82, 2.24) is 10.3 Å². The molecule has 1 aliphatic heterocycles. The minimum atomic E-state index is -0.604. The average molecular weight is 467 g/mol. The number of hydrogen-bond acceptors (Lipinski definition) is 5. The number of nitrogens with zero attached hydrogens (tertiary/aromatic N) is 1. The molecule has 0 saturated carbocycles. The monoisotopic (exact) mass is 466 g/mol. The SMILES string of the molecule is Cc1cc(OC2CCOC2)ncc1CC(NC(=O)OC(C)(C)C)c1ccc(Cl)c(Cl)c1. The molecule has 168 valence electrons. The van der Waals surface area contributed by atoms with Gasteiger partial charge in [0.15, 0.2) is 0 Å². The Kier molecular flexibility index (Phi) is 7.68. The summed E-state index contributed by atoms with van der Waals surface area (Å²) in [5, 5.41) is 3.83.